The Kier molecular flexibility index (Phi) is 12.0. The van der Waals surface area contributed by atoms with Gasteiger partial charge in [0.1, 0.15) is 31.0 Å². The van der Waals surface area contributed by atoms with Crippen LogP contribution in [0.1, 0.15) is 41.5 Å². The third kappa shape index (κ3) is 8.68. The Morgan fingerprint density at radius 1 is 0.848 bits per heavy atom. The molecule has 6 atom stereocenters. The quantitative estimate of drug-likeness (QED) is 0.249. The van der Waals surface area contributed by atoms with Gasteiger partial charge in [-0.1, -0.05) is 56.3 Å². The molecular weight excluding hydrogens is 624 g/mol. The van der Waals surface area contributed by atoms with E-state index in [2.05, 4.69) is 5.32 Å². The second-order valence-corrected chi connectivity index (χ2v) is 12.8. The highest BCUT2D eigenvalue weighted by molar-refractivity contribution is 7.89. The molecule has 0 aromatic heterocycles. The van der Waals surface area contributed by atoms with Crippen LogP contribution in [0.25, 0.3) is 11.1 Å². The van der Waals surface area contributed by atoms with Crippen LogP contribution >= 0.6 is 0 Å². The van der Waals surface area contributed by atoms with Crippen molar-refractivity contribution in [2.45, 2.75) is 83.1 Å². The van der Waals surface area contributed by atoms with E-state index in [9.17, 15) is 37.5 Å². The summed E-state index contributed by atoms with van der Waals surface area (Å²) >= 11 is 0. The number of rotatable bonds is 12. The second kappa shape index (κ2) is 15.3. The lowest BCUT2D eigenvalue weighted by Crippen LogP contribution is -2.72. The van der Waals surface area contributed by atoms with Gasteiger partial charge in [-0.3, -0.25) is 24.0 Å². The number of nitrogens with one attached hydrogen (secondary N) is 1. The Hall–Kier alpha value is -4.34. The summed E-state index contributed by atoms with van der Waals surface area (Å²) in [5, 5.41) is 12.9. The van der Waals surface area contributed by atoms with Crippen LogP contribution in [0.5, 0.6) is 0 Å². The van der Waals surface area contributed by atoms with Gasteiger partial charge in [0, 0.05) is 27.7 Å². The topological polar surface area (TPSA) is 192 Å². The number of amides is 1. The number of hydrogen-bond donors (Lipinski definition) is 2. The van der Waals surface area contributed by atoms with Crippen molar-refractivity contribution < 1.29 is 56.4 Å². The van der Waals surface area contributed by atoms with Gasteiger partial charge in [0.2, 0.25) is 15.9 Å². The Labute approximate surface area is 267 Å². The number of benzene rings is 2. The van der Waals surface area contributed by atoms with E-state index in [1.165, 1.54) is 26.0 Å². The van der Waals surface area contributed by atoms with Crippen molar-refractivity contribution in [3.05, 3.63) is 54.6 Å². The lowest BCUT2D eigenvalue weighted by molar-refractivity contribution is -0.242. The van der Waals surface area contributed by atoms with Crippen LogP contribution in [0.4, 0.5) is 0 Å². The number of carbonyl (C=O) groups excluding carboxylic acids is 4. The summed E-state index contributed by atoms with van der Waals surface area (Å²) < 4.78 is 51.8. The normalized spacial score (nSPS) is 22.0. The Morgan fingerprint density at radius 2 is 1.39 bits per heavy atom. The van der Waals surface area contributed by atoms with Crippen molar-refractivity contribution in [3.63, 3.8) is 0 Å². The summed E-state index contributed by atoms with van der Waals surface area (Å²) in [5.74, 6) is -5.63. The first kappa shape index (κ1) is 36.1. The Balaban J connectivity index is 2.28. The van der Waals surface area contributed by atoms with Crippen LogP contribution in [-0.4, -0.2) is 90.8 Å². The Morgan fingerprint density at radius 3 is 1.87 bits per heavy atom. The SMILES string of the molecule is CC(=O)N[C@@H]1[C@@H](OC(C)=O)[C@H](OC(C)=O)[C@@H](COC(C)=O)O[C@H]1N([C@@H](C(=O)O)C(C)C)S(=O)(=O)c1ccc(-c2ccccc2)cc1. The molecule has 1 heterocycles. The highest BCUT2D eigenvalue weighted by atomic mass is 32.2. The van der Waals surface area contributed by atoms with Crippen LogP contribution in [0.2, 0.25) is 0 Å². The molecular formula is C31H38N2O12S. The van der Waals surface area contributed by atoms with Gasteiger partial charge < -0.3 is 29.4 Å². The summed E-state index contributed by atoms with van der Waals surface area (Å²) in [6.07, 6.45) is -6.45. The van der Waals surface area contributed by atoms with E-state index in [0.29, 0.717) is 9.87 Å². The molecule has 0 radical (unpaired) electrons. The van der Waals surface area contributed by atoms with Crippen LogP contribution in [0.15, 0.2) is 59.5 Å². The number of esters is 3. The van der Waals surface area contributed by atoms with Crippen molar-refractivity contribution in [1.29, 1.82) is 0 Å². The van der Waals surface area contributed by atoms with Crippen LogP contribution < -0.4 is 5.32 Å². The molecule has 2 aromatic carbocycles. The summed E-state index contributed by atoms with van der Waals surface area (Å²) in [7, 11) is -4.78. The molecule has 1 fully saturated rings. The summed E-state index contributed by atoms with van der Waals surface area (Å²) in [5.41, 5.74) is 1.50. The van der Waals surface area contributed by atoms with Crippen LogP contribution in [0, 0.1) is 5.92 Å². The molecule has 1 aliphatic rings. The van der Waals surface area contributed by atoms with Gasteiger partial charge in [0.15, 0.2) is 12.2 Å². The third-order valence-corrected chi connectivity index (χ3v) is 8.89. The molecule has 46 heavy (non-hydrogen) atoms. The number of ether oxygens (including phenoxy) is 4. The van der Waals surface area contributed by atoms with Gasteiger partial charge in [-0.2, -0.15) is 4.31 Å². The fraction of sp³-hybridized carbons (Fsp3) is 0.452. The standard InChI is InChI=1S/C31H38N2O12S/c1-17(2)27(31(38)39)33(46(40,41)24-14-12-23(13-15-24)22-10-8-7-9-11-22)30-26(32-18(3)34)29(44-21(6)37)28(43-20(5)36)25(45-30)16-42-19(4)35/h7-15,17,25-30H,16H2,1-6H3,(H,32,34)(H,38,39)/t25-,26-,27-,28-,29-,30-/m1/s1. The summed E-state index contributed by atoms with van der Waals surface area (Å²) in [6, 6.07) is 11.5. The number of carboxylic acids is 1. The van der Waals surface area contributed by atoms with Crippen molar-refractivity contribution in [2.75, 3.05) is 6.61 Å². The maximum absolute atomic E-state index is 14.5. The first-order chi connectivity index (χ1) is 21.5. The smallest absolute Gasteiger partial charge is 0.322 e. The summed E-state index contributed by atoms with van der Waals surface area (Å²) in [4.78, 5) is 61.2. The van der Waals surface area contributed by atoms with E-state index in [1.54, 1.807) is 12.1 Å². The molecule has 2 aromatic rings. The minimum atomic E-state index is -4.78. The molecule has 1 aliphatic heterocycles. The number of hydrogen-bond acceptors (Lipinski definition) is 11. The van der Waals surface area contributed by atoms with Gasteiger partial charge in [0.25, 0.3) is 0 Å². The van der Waals surface area contributed by atoms with Crippen molar-refractivity contribution in [2.24, 2.45) is 5.92 Å². The minimum absolute atomic E-state index is 0.299. The van der Waals surface area contributed by atoms with E-state index in [1.807, 2.05) is 30.3 Å². The molecule has 0 spiro atoms. The molecule has 0 unspecified atom stereocenters. The van der Waals surface area contributed by atoms with Gasteiger partial charge >= 0.3 is 23.9 Å². The molecule has 250 valence electrons. The monoisotopic (exact) mass is 662 g/mol. The number of nitrogens with zero attached hydrogens (tertiary/aromatic N) is 1. The lowest BCUT2D eigenvalue weighted by atomic mass is 9.93. The van der Waals surface area contributed by atoms with Crippen molar-refractivity contribution in [3.8, 4) is 11.1 Å². The zero-order chi connectivity index (χ0) is 34.3. The van der Waals surface area contributed by atoms with Crippen molar-refractivity contribution in [1.82, 2.24) is 9.62 Å². The molecule has 1 saturated heterocycles. The lowest BCUT2D eigenvalue weighted by Gasteiger charge is -2.49. The Bertz CT molecular complexity index is 1530. The predicted molar refractivity (Wildman–Crippen MR) is 161 cm³/mol. The molecule has 2 N–H and O–H groups in total. The van der Waals surface area contributed by atoms with Gasteiger partial charge in [-0.25, -0.2) is 8.42 Å². The molecule has 14 nitrogen and oxygen atoms in total. The van der Waals surface area contributed by atoms with Crippen LogP contribution in [0.3, 0.4) is 0 Å². The molecule has 15 heteroatoms. The van der Waals surface area contributed by atoms with E-state index in [4.69, 9.17) is 18.9 Å². The van der Waals surface area contributed by atoms with Crippen molar-refractivity contribution >= 4 is 39.8 Å². The number of carboxylic acid groups (broad SMARTS) is 1. The van der Waals surface area contributed by atoms with Gasteiger partial charge in [-0.15, -0.1) is 0 Å². The average molecular weight is 663 g/mol. The fourth-order valence-corrected chi connectivity index (χ4v) is 7.04. The molecule has 3 rings (SSSR count). The summed E-state index contributed by atoms with van der Waals surface area (Å²) in [6.45, 7) is 6.66. The predicted octanol–water partition coefficient (Wildman–Crippen LogP) is 2.11. The molecule has 0 bridgehead atoms. The molecule has 0 saturated carbocycles. The third-order valence-electron chi connectivity index (χ3n) is 7.04. The zero-order valence-corrected chi connectivity index (χ0v) is 27.1. The largest absolute Gasteiger partial charge is 0.480 e. The fourth-order valence-electron chi connectivity index (χ4n) is 5.23. The zero-order valence-electron chi connectivity index (χ0n) is 26.2. The average Bonchev–Trinajstić information content (AvgIpc) is 2.96. The first-order valence-corrected chi connectivity index (χ1v) is 15.8. The first-order valence-electron chi connectivity index (χ1n) is 14.4. The van der Waals surface area contributed by atoms with E-state index in [0.717, 1.165) is 33.3 Å². The highest BCUT2D eigenvalue weighted by Crippen LogP contribution is 2.35. The highest BCUT2D eigenvalue weighted by Gasteiger charge is 2.57. The van der Waals surface area contributed by atoms with E-state index >= 15 is 0 Å². The molecule has 1 amide bonds. The maximum atomic E-state index is 14.5. The number of aliphatic carboxylic acids is 1. The van der Waals surface area contributed by atoms with E-state index in [-0.39, 0.29) is 4.90 Å². The van der Waals surface area contributed by atoms with Gasteiger partial charge in [0.05, 0.1) is 4.90 Å². The second-order valence-electron chi connectivity index (χ2n) is 11.0. The van der Waals surface area contributed by atoms with E-state index < -0.39 is 89.0 Å². The maximum Gasteiger partial charge on any atom is 0.322 e. The minimum Gasteiger partial charge on any atom is -0.480 e. The number of sulfonamides is 1. The van der Waals surface area contributed by atoms with Gasteiger partial charge in [-0.05, 0) is 29.2 Å². The molecule has 0 aliphatic carbocycles. The van der Waals surface area contributed by atoms with Crippen LogP contribution in [-0.2, 0) is 52.9 Å². The number of carbonyl (C=O) groups is 5.